The van der Waals surface area contributed by atoms with Crippen LogP contribution in [-0.2, 0) is 4.79 Å². The molecule has 1 fully saturated rings. The molecule has 0 aromatic heterocycles. The van der Waals surface area contributed by atoms with Gasteiger partial charge in [-0.05, 0) is 31.7 Å². The van der Waals surface area contributed by atoms with E-state index >= 15 is 0 Å². The highest BCUT2D eigenvalue weighted by Gasteiger charge is 2.33. The largest absolute Gasteiger partial charge is 0.346 e. The van der Waals surface area contributed by atoms with Crippen molar-refractivity contribution in [2.24, 2.45) is 11.1 Å². The number of hydrogen-bond acceptors (Lipinski definition) is 2. The van der Waals surface area contributed by atoms with E-state index in [4.69, 9.17) is 5.73 Å². The maximum Gasteiger partial charge on any atom is 0.222 e. The van der Waals surface area contributed by atoms with E-state index in [0.717, 1.165) is 19.4 Å². The molecule has 0 saturated heterocycles. The number of nitrogens with zero attached hydrogens (tertiary/aromatic N) is 1. The Balaban J connectivity index is 2.55. The predicted molar refractivity (Wildman–Crippen MR) is 62.5 cm³/mol. The van der Waals surface area contributed by atoms with Crippen LogP contribution in [0.15, 0.2) is 0 Å². The number of nitrogens with two attached hydrogens (primary N) is 1. The highest BCUT2D eigenvalue weighted by molar-refractivity contribution is 5.76. The second kappa shape index (κ2) is 5.50. The first-order valence-corrected chi connectivity index (χ1v) is 6.07. The molecule has 1 rings (SSSR count). The molecule has 1 amide bonds. The summed E-state index contributed by atoms with van der Waals surface area (Å²) in [5.74, 6) is 0.254. The summed E-state index contributed by atoms with van der Waals surface area (Å²) >= 11 is 0. The van der Waals surface area contributed by atoms with E-state index in [1.165, 1.54) is 19.3 Å². The summed E-state index contributed by atoms with van der Waals surface area (Å²) in [6.45, 7) is 3.46. The van der Waals surface area contributed by atoms with Crippen LogP contribution in [0.25, 0.3) is 0 Å². The summed E-state index contributed by atoms with van der Waals surface area (Å²) in [5, 5.41) is 0. The summed E-state index contributed by atoms with van der Waals surface area (Å²) in [6, 6.07) is 0. The van der Waals surface area contributed by atoms with Gasteiger partial charge < -0.3 is 10.6 Å². The fraction of sp³-hybridized carbons (Fsp3) is 0.917. The number of carbonyl (C=O) groups is 1. The Labute approximate surface area is 93.0 Å². The van der Waals surface area contributed by atoms with Crippen molar-refractivity contribution in [3.8, 4) is 0 Å². The van der Waals surface area contributed by atoms with Gasteiger partial charge in [-0.3, -0.25) is 4.79 Å². The quantitative estimate of drug-likeness (QED) is 0.772. The molecule has 0 atom stereocenters. The molecule has 1 aliphatic rings. The molecule has 3 nitrogen and oxygen atoms in total. The lowest BCUT2D eigenvalue weighted by molar-refractivity contribution is -0.132. The first kappa shape index (κ1) is 12.5. The number of rotatable bonds is 4. The lowest BCUT2D eigenvalue weighted by Gasteiger charge is -2.36. The highest BCUT2D eigenvalue weighted by Crippen LogP contribution is 2.38. The Morgan fingerprint density at radius 1 is 1.33 bits per heavy atom. The van der Waals surface area contributed by atoms with Gasteiger partial charge in [0.25, 0.3) is 0 Å². The third-order valence-corrected chi connectivity index (χ3v) is 3.77. The maximum atomic E-state index is 11.9. The van der Waals surface area contributed by atoms with Crippen LogP contribution in [0, 0.1) is 5.41 Å². The molecular formula is C12H24N2O. The van der Waals surface area contributed by atoms with E-state index < -0.39 is 0 Å². The molecule has 0 aliphatic heterocycles. The normalized spacial score (nSPS) is 19.9. The lowest BCUT2D eigenvalue weighted by Crippen LogP contribution is -2.39. The summed E-state index contributed by atoms with van der Waals surface area (Å²) in [4.78, 5) is 13.7. The molecule has 0 spiro atoms. The molecule has 88 valence electrons. The van der Waals surface area contributed by atoms with E-state index in [1.807, 2.05) is 14.0 Å². The molecule has 0 aromatic rings. The summed E-state index contributed by atoms with van der Waals surface area (Å²) in [6.07, 6.45) is 6.69. The van der Waals surface area contributed by atoms with Crippen LogP contribution in [-0.4, -0.2) is 30.9 Å². The lowest BCUT2D eigenvalue weighted by atomic mass is 9.71. The van der Waals surface area contributed by atoms with Crippen molar-refractivity contribution < 1.29 is 4.79 Å². The van der Waals surface area contributed by atoms with Crippen LogP contribution >= 0.6 is 0 Å². The predicted octanol–water partition coefficient (Wildman–Crippen LogP) is 1.76. The zero-order valence-corrected chi connectivity index (χ0v) is 10.1. The molecule has 15 heavy (non-hydrogen) atoms. The van der Waals surface area contributed by atoms with Crippen LogP contribution in [0.5, 0.6) is 0 Å². The van der Waals surface area contributed by atoms with E-state index in [-0.39, 0.29) is 11.3 Å². The minimum absolute atomic E-state index is 0.110. The van der Waals surface area contributed by atoms with Gasteiger partial charge in [0.1, 0.15) is 0 Å². The molecule has 1 aliphatic carbocycles. The molecule has 0 heterocycles. The van der Waals surface area contributed by atoms with Gasteiger partial charge in [-0.25, -0.2) is 0 Å². The van der Waals surface area contributed by atoms with Crippen LogP contribution in [0.1, 0.15) is 45.4 Å². The zero-order chi connectivity index (χ0) is 11.3. The van der Waals surface area contributed by atoms with Crippen molar-refractivity contribution in [2.45, 2.75) is 45.4 Å². The van der Waals surface area contributed by atoms with E-state index in [2.05, 4.69) is 0 Å². The SMILES string of the molecule is CCN(C)C(=O)CC1(CN)CCCCC1. The Hall–Kier alpha value is -0.570. The van der Waals surface area contributed by atoms with Crippen LogP contribution in [0.4, 0.5) is 0 Å². The fourth-order valence-corrected chi connectivity index (χ4v) is 2.39. The minimum Gasteiger partial charge on any atom is -0.346 e. The standard InChI is InChI=1S/C12H24N2O/c1-3-14(2)11(15)9-12(10-13)7-5-4-6-8-12/h3-10,13H2,1-2H3. The number of amides is 1. The Bertz CT molecular complexity index is 210. The molecule has 3 heteroatoms. The summed E-state index contributed by atoms with van der Waals surface area (Å²) in [5.41, 5.74) is 5.97. The second-order valence-corrected chi connectivity index (χ2v) is 4.85. The van der Waals surface area contributed by atoms with Gasteiger partial charge in [0.2, 0.25) is 5.91 Å². The Morgan fingerprint density at radius 2 is 1.93 bits per heavy atom. The Kier molecular flexibility index (Phi) is 4.58. The zero-order valence-electron chi connectivity index (χ0n) is 10.1. The second-order valence-electron chi connectivity index (χ2n) is 4.85. The average Bonchev–Trinajstić information content (AvgIpc) is 2.29. The van der Waals surface area contributed by atoms with Gasteiger partial charge in [0.05, 0.1) is 0 Å². The van der Waals surface area contributed by atoms with E-state index in [1.54, 1.807) is 4.90 Å². The van der Waals surface area contributed by atoms with Crippen molar-refractivity contribution in [2.75, 3.05) is 20.1 Å². The van der Waals surface area contributed by atoms with Gasteiger partial charge in [-0.2, -0.15) is 0 Å². The first-order valence-electron chi connectivity index (χ1n) is 6.07. The molecule has 0 unspecified atom stereocenters. The van der Waals surface area contributed by atoms with Gasteiger partial charge in [0.15, 0.2) is 0 Å². The Morgan fingerprint density at radius 3 is 2.40 bits per heavy atom. The molecule has 1 saturated carbocycles. The minimum atomic E-state index is 0.110. The highest BCUT2D eigenvalue weighted by atomic mass is 16.2. The topological polar surface area (TPSA) is 46.3 Å². The maximum absolute atomic E-state index is 11.9. The van der Waals surface area contributed by atoms with E-state index in [9.17, 15) is 4.79 Å². The average molecular weight is 212 g/mol. The van der Waals surface area contributed by atoms with Gasteiger partial charge in [-0.15, -0.1) is 0 Å². The molecular weight excluding hydrogens is 188 g/mol. The van der Waals surface area contributed by atoms with Gasteiger partial charge in [0, 0.05) is 20.0 Å². The smallest absolute Gasteiger partial charge is 0.222 e. The monoisotopic (exact) mass is 212 g/mol. The summed E-state index contributed by atoms with van der Waals surface area (Å²) < 4.78 is 0. The van der Waals surface area contributed by atoms with Crippen molar-refractivity contribution >= 4 is 5.91 Å². The third-order valence-electron chi connectivity index (χ3n) is 3.77. The van der Waals surface area contributed by atoms with Gasteiger partial charge in [-0.1, -0.05) is 19.3 Å². The molecule has 0 radical (unpaired) electrons. The number of hydrogen-bond donors (Lipinski definition) is 1. The number of carbonyl (C=O) groups excluding carboxylic acids is 1. The first-order chi connectivity index (χ1) is 7.13. The third kappa shape index (κ3) is 3.20. The van der Waals surface area contributed by atoms with Crippen LogP contribution in [0.2, 0.25) is 0 Å². The van der Waals surface area contributed by atoms with Crippen molar-refractivity contribution in [1.82, 2.24) is 4.90 Å². The van der Waals surface area contributed by atoms with Crippen molar-refractivity contribution in [3.05, 3.63) is 0 Å². The van der Waals surface area contributed by atoms with Gasteiger partial charge >= 0.3 is 0 Å². The van der Waals surface area contributed by atoms with Crippen molar-refractivity contribution in [3.63, 3.8) is 0 Å². The molecule has 0 bridgehead atoms. The van der Waals surface area contributed by atoms with E-state index in [0.29, 0.717) is 13.0 Å². The fourth-order valence-electron chi connectivity index (χ4n) is 2.39. The van der Waals surface area contributed by atoms with Crippen LogP contribution < -0.4 is 5.73 Å². The summed E-state index contributed by atoms with van der Waals surface area (Å²) in [7, 11) is 1.87. The van der Waals surface area contributed by atoms with Crippen molar-refractivity contribution in [1.29, 1.82) is 0 Å². The molecule has 0 aromatic carbocycles. The van der Waals surface area contributed by atoms with Crippen LogP contribution in [0.3, 0.4) is 0 Å². The molecule has 2 N–H and O–H groups in total.